The highest BCUT2D eigenvalue weighted by Crippen LogP contribution is 2.32. The summed E-state index contributed by atoms with van der Waals surface area (Å²) in [5.41, 5.74) is 5.16. The largest absolute Gasteiger partial charge is 0.254 e. The number of aromatic nitrogens is 2. The van der Waals surface area contributed by atoms with Gasteiger partial charge in [-0.25, -0.2) is 0 Å². The van der Waals surface area contributed by atoms with Gasteiger partial charge in [0, 0.05) is 18.0 Å². The number of nitrogens with zero attached hydrogens (tertiary/aromatic N) is 2. The average Bonchev–Trinajstić information content (AvgIpc) is 2.94. The van der Waals surface area contributed by atoms with E-state index in [2.05, 4.69) is 28.3 Å². The number of pyridine rings is 1. The van der Waals surface area contributed by atoms with Gasteiger partial charge in [-0.3, -0.25) is 9.97 Å². The summed E-state index contributed by atoms with van der Waals surface area (Å²) in [6, 6.07) is 12.3. The smallest absolute Gasteiger partial charge is 0.0986 e. The Kier molecular flexibility index (Phi) is 2.68. The van der Waals surface area contributed by atoms with E-state index in [9.17, 15) is 0 Å². The van der Waals surface area contributed by atoms with Crippen molar-refractivity contribution < 1.29 is 0 Å². The molecular weight excluding hydrogens is 228 g/mol. The van der Waals surface area contributed by atoms with Crippen LogP contribution in [0.25, 0.3) is 21.6 Å². The van der Waals surface area contributed by atoms with Crippen molar-refractivity contribution in [2.75, 3.05) is 0 Å². The predicted molar refractivity (Wildman–Crippen MR) is 69.6 cm³/mol. The summed E-state index contributed by atoms with van der Waals surface area (Å²) in [6.45, 7) is 0. The molecule has 0 fully saturated rings. The molecule has 0 amide bonds. The molecule has 2 nitrogen and oxygen atoms in total. The van der Waals surface area contributed by atoms with E-state index in [0.29, 0.717) is 0 Å². The van der Waals surface area contributed by atoms with E-state index in [4.69, 9.17) is 0 Å². The van der Waals surface area contributed by atoms with Crippen LogP contribution in [0.1, 0.15) is 0 Å². The number of hydrogen-bond donors (Lipinski definition) is 0. The molecule has 2 aromatic heterocycles. The fraction of sp³-hybridized carbons (Fsp3) is 0. The van der Waals surface area contributed by atoms with Crippen LogP contribution in [-0.2, 0) is 0 Å². The second kappa shape index (κ2) is 4.47. The minimum absolute atomic E-state index is 1.02. The van der Waals surface area contributed by atoms with Crippen molar-refractivity contribution in [3.8, 4) is 21.6 Å². The van der Waals surface area contributed by atoms with E-state index in [-0.39, 0.29) is 0 Å². The van der Waals surface area contributed by atoms with Crippen molar-refractivity contribution in [3.05, 3.63) is 60.5 Å². The topological polar surface area (TPSA) is 25.8 Å². The molecule has 0 saturated heterocycles. The summed E-state index contributed by atoms with van der Waals surface area (Å²) in [5.74, 6) is 0. The Morgan fingerprint density at radius 3 is 2.71 bits per heavy atom. The van der Waals surface area contributed by atoms with Crippen LogP contribution >= 0.6 is 11.3 Å². The monoisotopic (exact) mass is 237 g/mol. The van der Waals surface area contributed by atoms with Gasteiger partial charge in [-0.05, 0) is 17.2 Å². The molecule has 17 heavy (non-hydrogen) atoms. The Morgan fingerprint density at radius 2 is 1.94 bits per heavy atom. The molecule has 0 spiro atoms. The lowest BCUT2D eigenvalue weighted by atomic mass is 10.0. The molecule has 0 atom stereocenters. The Morgan fingerprint density at radius 1 is 1.06 bits per heavy atom. The summed E-state index contributed by atoms with van der Waals surface area (Å²) in [5, 5.41) is 0. The van der Waals surface area contributed by atoms with E-state index in [0.717, 1.165) is 16.0 Å². The summed E-state index contributed by atoms with van der Waals surface area (Å²) in [7, 11) is 0. The van der Waals surface area contributed by atoms with Crippen LogP contribution in [0.15, 0.2) is 54.3 Å². The first kappa shape index (κ1) is 10.2. The van der Waals surface area contributed by atoms with Gasteiger partial charge in [-0.1, -0.05) is 30.3 Å². The van der Waals surface area contributed by atoms with Crippen molar-refractivity contribution in [1.82, 2.24) is 9.97 Å². The van der Waals surface area contributed by atoms with Gasteiger partial charge in [-0.15, -0.1) is 11.3 Å². The molecule has 1 radical (unpaired) electrons. The first-order chi connectivity index (χ1) is 8.45. The summed E-state index contributed by atoms with van der Waals surface area (Å²) < 4.78 is 0. The van der Waals surface area contributed by atoms with Crippen LogP contribution in [-0.4, -0.2) is 9.97 Å². The van der Waals surface area contributed by atoms with E-state index >= 15 is 0 Å². The molecule has 3 rings (SSSR count). The Labute approximate surface area is 104 Å². The molecule has 3 heteroatoms. The lowest BCUT2D eigenvalue weighted by Gasteiger charge is -2.06. The molecule has 0 bridgehead atoms. The maximum Gasteiger partial charge on any atom is 0.0986 e. The van der Waals surface area contributed by atoms with Crippen molar-refractivity contribution in [3.63, 3.8) is 0 Å². The van der Waals surface area contributed by atoms with Crippen molar-refractivity contribution in [2.24, 2.45) is 0 Å². The zero-order valence-electron chi connectivity index (χ0n) is 9.00. The first-order valence-corrected chi connectivity index (χ1v) is 6.14. The number of thiazole rings is 1. The van der Waals surface area contributed by atoms with Gasteiger partial charge in [0.15, 0.2) is 0 Å². The zero-order chi connectivity index (χ0) is 11.5. The number of benzene rings is 1. The molecular formula is C14H9N2S. The maximum absolute atomic E-state index is 4.10. The predicted octanol–water partition coefficient (Wildman–Crippen LogP) is 3.67. The minimum atomic E-state index is 1.02. The molecule has 0 N–H and O–H groups in total. The molecule has 1 aromatic carbocycles. The van der Waals surface area contributed by atoms with Crippen molar-refractivity contribution in [2.45, 2.75) is 0 Å². The molecule has 0 aliphatic heterocycles. The van der Waals surface area contributed by atoms with Crippen molar-refractivity contribution >= 4 is 11.3 Å². The van der Waals surface area contributed by atoms with Gasteiger partial charge in [0.05, 0.1) is 16.6 Å². The fourth-order valence-corrected chi connectivity index (χ4v) is 2.37. The van der Waals surface area contributed by atoms with Gasteiger partial charge in [0.25, 0.3) is 0 Å². The number of hydrogen-bond acceptors (Lipinski definition) is 3. The minimum Gasteiger partial charge on any atom is -0.254 e. The molecule has 0 unspecified atom stereocenters. The highest BCUT2D eigenvalue weighted by molar-refractivity contribution is 7.13. The second-order valence-corrected chi connectivity index (χ2v) is 4.46. The van der Waals surface area contributed by atoms with Gasteiger partial charge in [0.1, 0.15) is 0 Å². The summed E-state index contributed by atoms with van der Waals surface area (Å²) >= 11 is 1.60. The van der Waals surface area contributed by atoms with E-state index in [1.165, 1.54) is 5.56 Å². The third kappa shape index (κ3) is 1.97. The van der Waals surface area contributed by atoms with Crippen LogP contribution in [0.3, 0.4) is 0 Å². The molecule has 0 saturated carbocycles. The number of rotatable bonds is 2. The SMILES string of the molecule is [c]1nccc(-c2ccccc2)c1-c1cncs1. The van der Waals surface area contributed by atoms with E-state index in [1.807, 2.05) is 36.0 Å². The quantitative estimate of drug-likeness (QED) is 0.679. The van der Waals surface area contributed by atoms with Crippen molar-refractivity contribution in [1.29, 1.82) is 0 Å². The lowest BCUT2D eigenvalue weighted by molar-refractivity contribution is 1.31. The van der Waals surface area contributed by atoms with Crippen LogP contribution < -0.4 is 0 Å². The lowest BCUT2D eigenvalue weighted by Crippen LogP contribution is -1.84. The van der Waals surface area contributed by atoms with E-state index < -0.39 is 0 Å². The van der Waals surface area contributed by atoms with Crippen LogP contribution in [0, 0.1) is 6.20 Å². The Bertz CT molecular complexity index is 603. The summed E-state index contributed by atoms with van der Waals surface area (Å²) in [4.78, 5) is 9.28. The third-order valence-electron chi connectivity index (χ3n) is 2.52. The van der Waals surface area contributed by atoms with Crippen LogP contribution in [0.5, 0.6) is 0 Å². The molecule has 81 valence electrons. The standard InChI is InChI=1S/C14H9N2S/c1-2-4-11(5-3-1)12-6-7-15-8-13(12)14-9-16-10-17-14/h1-7,9-10H. The second-order valence-electron chi connectivity index (χ2n) is 3.58. The average molecular weight is 237 g/mol. The van der Waals surface area contributed by atoms with Gasteiger partial charge in [0.2, 0.25) is 0 Å². The van der Waals surface area contributed by atoms with Crippen LogP contribution in [0.4, 0.5) is 0 Å². The Hall–Kier alpha value is -2.00. The highest BCUT2D eigenvalue weighted by atomic mass is 32.1. The normalized spacial score (nSPS) is 10.4. The molecule has 0 aliphatic carbocycles. The van der Waals surface area contributed by atoms with E-state index in [1.54, 1.807) is 17.5 Å². The zero-order valence-corrected chi connectivity index (χ0v) is 9.82. The van der Waals surface area contributed by atoms with Crippen LogP contribution in [0.2, 0.25) is 0 Å². The fourth-order valence-electron chi connectivity index (χ4n) is 1.74. The highest BCUT2D eigenvalue weighted by Gasteiger charge is 2.08. The van der Waals surface area contributed by atoms with Gasteiger partial charge >= 0.3 is 0 Å². The van der Waals surface area contributed by atoms with Gasteiger partial charge in [-0.2, -0.15) is 0 Å². The summed E-state index contributed by atoms with van der Waals surface area (Å²) in [6.07, 6.45) is 6.68. The Balaban J connectivity index is 2.18. The third-order valence-corrected chi connectivity index (χ3v) is 3.32. The first-order valence-electron chi connectivity index (χ1n) is 5.26. The van der Waals surface area contributed by atoms with Gasteiger partial charge < -0.3 is 0 Å². The molecule has 0 aliphatic rings. The molecule has 3 aromatic rings. The molecule has 2 heterocycles. The maximum atomic E-state index is 4.10.